The Balaban J connectivity index is 2.51. The van der Waals surface area contributed by atoms with Crippen LogP contribution >= 0.6 is 0 Å². The van der Waals surface area contributed by atoms with Gasteiger partial charge in [-0.25, -0.2) is 4.79 Å². The van der Waals surface area contributed by atoms with E-state index in [9.17, 15) is 9.90 Å². The zero-order valence-corrected chi connectivity index (χ0v) is 8.53. The van der Waals surface area contributed by atoms with Gasteiger partial charge >= 0.3 is 6.09 Å². The summed E-state index contributed by atoms with van der Waals surface area (Å²) < 4.78 is 4.85. The molecule has 3 N–H and O–H groups in total. The van der Waals surface area contributed by atoms with Gasteiger partial charge in [-0.1, -0.05) is 0 Å². The van der Waals surface area contributed by atoms with E-state index in [2.05, 4.69) is 0 Å². The molecular formula is C9H18N2O3. The number of nitrogens with two attached hydrogens (primary N) is 1. The molecule has 1 rings (SSSR count). The number of likely N-dealkylation sites (tertiary alicyclic amines) is 1. The second kappa shape index (κ2) is 4.61. The lowest BCUT2D eigenvalue weighted by atomic mass is 9.93. The quantitative estimate of drug-likeness (QED) is 0.657. The smallest absolute Gasteiger partial charge is 0.409 e. The van der Waals surface area contributed by atoms with Gasteiger partial charge in [-0.3, -0.25) is 0 Å². The maximum atomic E-state index is 11.4. The molecule has 0 aromatic rings. The maximum absolute atomic E-state index is 11.4. The fraction of sp³-hybridized carbons (Fsp3) is 0.889. The molecule has 0 aliphatic carbocycles. The van der Waals surface area contributed by atoms with Gasteiger partial charge in [0.1, 0.15) is 0 Å². The third-order valence-electron chi connectivity index (χ3n) is 2.46. The first-order valence-corrected chi connectivity index (χ1v) is 4.95. The molecule has 1 unspecified atom stereocenters. The van der Waals surface area contributed by atoms with Crippen LogP contribution in [0.1, 0.15) is 19.8 Å². The third-order valence-corrected chi connectivity index (χ3v) is 2.46. The zero-order chi connectivity index (χ0) is 10.6. The lowest BCUT2D eigenvalue weighted by Crippen LogP contribution is -2.54. The Morgan fingerprint density at radius 3 is 3.00 bits per heavy atom. The standard InChI is InChI=1S/C9H18N2O3/c1-2-14-8(12)11-5-3-4-9(13,6-10)7-11/h13H,2-7,10H2,1H3. The summed E-state index contributed by atoms with van der Waals surface area (Å²) in [6, 6.07) is 0. The minimum absolute atomic E-state index is 0.183. The zero-order valence-electron chi connectivity index (χ0n) is 8.53. The molecule has 1 heterocycles. The van der Waals surface area contributed by atoms with E-state index in [0.29, 0.717) is 19.6 Å². The fourth-order valence-corrected chi connectivity index (χ4v) is 1.65. The highest BCUT2D eigenvalue weighted by Crippen LogP contribution is 2.20. The molecule has 0 saturated carbocycles. The van der Waals surface area contributed by atoms with Crippen molar-refractivity contribution in [3.8, 4) is 0 Å². The van der Waals surface area contributed by atoms with Gasteiger partial charge in [-0.15, -0.1) is 0 Å². The molecule has 0 radical (unpaired) electrons. The summed E-state index contributed by atoms with van der Waals surface area (Å²) in [6.45, 7) is 3.22. The first-order valence-electron chi connectivity index (χ1n) is 4.95. The lowest BCUT2D eigenvalue weighted by molar-refractivity contribution is -0.0222. The summed E-state index contributed by atoms with van der Waals surface area (Å²) in [6.07, 6.45) is 1.06. The Kier molecular flexibility index (Phi) is 3.71. The molecule has 0 bridgehead atoms. The van der Waals surface area contributed by atoms with Crippen molar-refractivity contribution in [2.24, 2.45) is 5.73 Å². The number of carbonyl (C=O) groups is 1. The molecule has 1 saturated heterocycles. The minimum Gasteiger partial charge on any atom is -0.450 e. The van der Waals surface area contributed by atoms with Gasteiger partial charge in [0.2, 0.25) is 0 Å². The van der Waals surface area contributed by atoms with Crippen LogP contribution < -0.4 is 5.73 Å². The van der Waals surface area contributed by atoms with Gasteiger partial charge in [0.25, 0.3) is 0 Å². The van der Waals surface area contributed by atoms with Crippen LogP contribution in [0.4, 0.5) is 4.79 Å². The molecule has 1 aliphatic heterocycles. The maximum Gasteiger partial charge on any atom is 0.409 e. The summed E-state index contributed by atoms with van der Waals surface area (Å²) in [5.41, 5.74) is 4.52. The highest BCUT2D eigenvalue weighted by Gasteiger charge is 2.34. The van der Waals surface area contributed by atoms with E-state index in [1.807, 2.05) is 0 Å². The molecule has 0 spiro atoms. The molecule has 5 heteroatoms. The van der Waals surface area contributed by atoms with Crippen molar-refractivity contribution < 1.29 is 14.6 Å². The van der Waals surface area contributed by atoms with Crippen molar-refractivity contribution in [3.63, 3.8) is 0 Å². The highest BCUT2D eigenvalue weighted by molar-refractivity contribution is 5.67. The van der Waals surface area contributed by atoms with Crippen LogP contribution in [0.15, 0.2) is 0 Å². The molecule has 1 fully saturated rings. The molecule has 1 atom stereocenters. The average Bonchev–Trinajstić information content (AvgIpc) is 2.18. The largest absolute Gasteiger partial charge is 0.450 e. The monoisotopic (exact) mass is 202 g/mol. The third kappa shape index (κ3) is 2.59. The summed E-state index contributed by atoms with van der Waals surface area (Å²) in [7, 11) is 0. The number of nitrogens with zero attached hydrogens (tertiary/aromatic N) is 1. The van der Waals surface area contributed by atoms with E-state index < -0.39 is 5.60 Å². The molecular weight excluding hydrogens is 184 g/mol. The Morgan fingerprint density at radius 1 is 1.71 bits per heavy atom. The predicted octanol–water partition coefficient (Wildman–Crippen LogP) is -0.0715. The number of piperidine rings is 1. The number of β-amino-alcohol motifs (C(OH)–C–C–N with tert-alkyl or cyclic N) is 1. The summed E-state index contributed by atoms with van der Waals surface area (Å²) in [5, 5.41) is 9.89. The predicted molar refractivity (Wildman–Crippen MR) is 51.8 cm³/mol. The summed E-state index contributed by atoms with van der Waals surface area (Å²) in [4.78, 5) is 12.9. The molecule has 0 aromatic heterocycles. The normalized spacial score (nSPS) is 27.5. The van der Waals surface area contributed by atoms with Gasteiger partial charge in [0.15, 0.2) is 0 Å². The van der Waals surface area contributed by atoms with Crippen LogP contribution in [0.5, 0.6) is 0 Å². The molecule has 82 valence electrons. The van der Waals surface area contributed by atoms with Crippen molar-refractivity contribution in [1.82, 2.24) is 4.90 Å². The Bertz CT molecular complexity index is 210. The van der Waals surface area contributed by atoms with Crippen LogP contribution in [0, 0.1) is 0 Å². The van der Waals surface area contributed by atoms with Crippen LogP contribution in [0.2, 0.25) is 0 Å². The first kappa shape index (κ1) is 11.3. The van der Waals surface area contributed by atoms with Gasteiger partial charge in [-0.05, 0) is 19.8 Å². The molecule has 1 amide bonds. The van der Waals surface area contributed by atoms with E-state index >= 15 is 0 Å². The van der Waals surface area contributed by atoms with E-state index in [4.69, 9.17) is 10.5 Å². The lowest BCUT2D eigenvalue weighted by Gasteiger charge is -2.37. The summed E-state index contributed by atoms with van der Waals surface area (Å²) >= 11 is 0. The summed E-state index contributed by atoms with van der Waals surface area (Å²) in [5.74, 6) is 0. The van der Waals surface area contributed by atoms with Crippen LogP contribution in [-0.2, 0) is 4.74 Å². The number of hydrogen-bond acceptors (Lipinski definition) is 4. The van der Waals surface area contributed by atoms with Gasteiger partial charge in [-0.2, -0.15) is 0 Å². The van der Waals surface area contributed by atoms with Gasteiger partial charge in [0, 0.05) is 13.1 Å². The number of amides is 1. The fourth-order valence-electron chi connectivity index (χ4n) is 1.65. The molecule has 1 aliphatic rings. The molecule has 14 heavy (non-hydrogen) atoms. The Morgan fingerprint density at radius 2 is 2.43 bits per heavy atom. The van der Waals surface area contributed by atoms with Crippen LogP contribution in [-0.4, -0.2) is 47.9 Å². The van der Waals surface area contributed by atoms with Crippen molar-refractivity contribution in [3.05, 3.63) is 0 Å². The van der Waals surface area contributed by atoms with E-state index in [0.717, 1.165) is 6.42 Å². The average molecular weight is 202 g/mol. The number of ether oxygens (including phenoxy) is 1. The molecule has 0 aromatic carbocycles. The topological polar surface area (TPSA) is 75.8 Å². The second-order valence-electron chi connectivity index (χ2n) is 3.65. The number of rotatable bonds is 2. The molecule has 5 nitrogen and oxygen atoms in total. The van der Waals surface area contributed by atoms with E-state index in [1.165, 1.54) is 4.90 Å². The van der Waals surface area contributed by atoms with E-state index in [-0.39, 0.29) is 19.2 Å². The van der Waals surface area contributed by atoms with Crippen LogP contribution in [0.25, 0.3) is 0 Å². The van der Waals surface area contributed by atoms with Crippen molar-refractivity contribution >= 4 is 6.09 Å². The Hall–Kier alpha value is -0.810. The SMILES string of the molecule is CCOC(=O)N1CCCC(O)(CN)C1. The van der Waals surface area contributed by atoms with Gasteiger partial charge in [0.05, 0.1) is 18.8 Å². The number of carbonyl (C=O) groups excluding carboxylic acids is 1. The van der Waals surface area contributed by atoms with Crippen molar-refractivity contribution in [2.45, 2.75) is 25.4 Å². The van der Waals surface area contributed by atoms with Crippen molar-refractivity contribution in [1.29, 1.82) is 0 Å². The number of hydrogen-bond donors (Lipinski definition) is 2. The van der Waals surface area contributed by atoms with Crippen molar-refractivity contribution in [2.75, 3.05) is 26.2 Å². The highest BCUT2D eigenvalue weighted by atomic mass is 16.6. The van der Waals surface area contributed by atoms with Gasteiger partial charge < -0.3 is 20.5 Å². The minimum atomic E-state index is -0.926. The number of aliphatic hydroxyl groups is 1. The first-order chi connectivity index (χ1) is 6.61. The van der Waals surface area contributed by atoms with Crippen LogP contribution in [0.3, 0.4) is 0 Å². The Labute approximate surface area is 83.8 Å². The van der Waals surface area contributed by atoms with E-state index in [1.54, 1.807) is 6.92 Å². The second-order valence-corrected chi connectivity index (χ2v) is 3.65.